The lowest BCUT2D eigenvalue weighted by molar-refractivity contribution is -0.142. The van der Waals surface area contributed by atoms with Crippen molar-refractivity contribution < 1.29 is 24.6 Å². The first kappa shape index (κ1) is 17.7. The van der Waals surface area contributed by atoms with Gasteiger partial charge in [0.1, 0.15) is 11.6 Å². The first-order chi connectivity index (χ1) is 8.67. The van der Waals surface area contributed by atoms with Crippen molar-refractivity contribution in [1.29, 1.82) is 0 Å². The maximum atomic E-state index is 11.6. The summed E-state index contributed by atoms with van der Waals surface area (Å²) < 4.78 is 5.18. The molecule has 7 nitrogen and oxygen atoms in total. The number of carbonyl (C=O) groups excluding carboxylic acids is 1. The second-order valence-electron chi connectivity index (χ2n) is 5.42. The van der Waals surface area contributed by atoms with Crippen LogP contribution in [0.5, 0.6) is 0 Å². The van der Waals surface area contributed by atoms with Gasteiger partial charge >= 0.3 is 12.1 Å². The molecule has 0 rings (SSSR count). The van der Waals surface area contributed by atoms with Crippen LogP contribution in [0.4, 0.5) is 4.79 Å². The van der Waals surface area contributed by atoms with E-state index < -0.39 is 23.7 Å². The highest BCUT2D eigenvalue weighted by Gasteiger charge is 2.19. The number of hydrogen-bond donors (Lipinski definition) is 3. The Hall–Kier alpha value is -1.34. The number of aliphatic carboxylic acids is 1. The zero-order chi connectivity index (χ0) is 15.1. The highest BCUT2D eigenvalue weighted by molar-refractivity contribution is 5.73. The average Bonchev–Trinajstić information content (AvgIpc) is 2.25. The van der Waals surface area contributed by atoms with Gasteiger partial charge in [-0.2, -0.15) is 5.48 Å². The van der Waals surface area contributed by atoms with Crippen LogP contribution >= 0.6 is 0 Å². The second-order valence-corrected chi connectivity index (χ2v) is 5.42. The third-order valence-corrected chi connectivity index (χ3v) is 2.40. The number of carboxylic acids is 1. The van der Waals surface area contributed by atoms with Gasteiger partial charge in [-0.3, -0.25) is 4.79 Å². The molecule has 0 aromatic heterocycles. The molecule has 0 fully saturated rings. The van der Waals surface area contributed by atoms with Crippen molar-refractivity contribution >= 4 is 12.1 Å². The molecule has 19 heavy (non-hydrogen) atoms. The van der Waals surface area contributed by atoms with Crippen molar-refractivity contribution in [3.05, 3.63) is 0 Å². The van der Waals surface area contributed by atoms with Gasteiger partial charge in [0.05, 0.1) is 0 Å². The Kier molecular flexibility index (Phi) is 7.40. The standard InChI is InChI=1S/C12H24N2O5/c1-12(2,3)19-11(17)14(4)8-6-5-7-9(13-18)10(15)16/h9,13,18H,5-8H2,1-4H3,(H,15,16)/t9-/m0/s1. The maximum Gasteiger partial charge on any atom is 0.410 e. The minimum absolute atomic E-state index is 0.300. The van der Waals surface area contributed by atoms with Crippen LogP contribution in [0.2, 0.25) is 0 Å². The molecule has 0 radical (unpaired) electrons. The molecule has 0 spiro atoms. The molecule has 0 saturated carbocycles. The number of hydrogen-bond acceptors (Lipinski definition) is 5. The van der Waals surface area contributed by atoms with E-state index >= 15 is 0 Å². The van der Waals surface area contributed by atoms with Gasteiger partial charge in [0.25, 0.3) is 0 Å². The molecule has 1 amide bonds. The molecule has 112 valence electrons. The molecular weight excluding hydrogens is 252 g/mol. The Balaban J connectivity index is 3.89. The number of nitrogens with zero attached hydrogens (tertiary/aromatic N) is 1. The van der Waals surface area contributed by atoms with E-state index in [9.17, 15) is 9.59 Å². The summed E-state index contributed by atoms with van der Waals surface area (Å²) in [5.74, 6) is -1.09. The number of ether oxygens (including phenoxy) is 1. The monoisotopic (exact) mass is 276 g/mol. The zero-order valence-electron chi connectivity index (χ0n) is 12.0. The van der Waals surface area contributed by atoms with E-state index in [2.05, 4.69) is 0 Å². The van der Waals surface area contributed by atoms with Crippen molar-refractivity contribution in [2.45, 2.75) is 51.7 Å². The summed E-state index contributed by atoms with van der Waals surface area (Å²) in [6, 6.07) is -0.966. The van der Waals surface area contributed by atoms with Crippen LogP contribution < -0.4 is 5.48 Å². The maximum absolute atomic E-state index is 11.6. The van der Waals surface area contributed by atoms with Gasteiger partial charge in [0.15, 0.2) is 0 Å². The summed E-state index contributed by atoms with van der Waals surface area (Å²) in [6.45, 7) is 5.86. The van der Waals surface area contributed by atoms with E-state index in [0.717, 1.165) is 0 Å². The summed E-state index contributed by atoms with van der Waals surface area (Å²) in [6.07, 6.45) is 1.12. The van der Waals surface area contributed by atoms with E-state index in [4.69, 9.17) is 15.1 Å². The number of nitrogens with one attached hydrogen (secondary N) is 1. The Morgan fingerprint density at radius 2 is 1.89 bits per heavy atom. The molecule has 0 aromatic rings. The lowest BCUT2D eigenvalue weighted by atomic mass is 10.1. The lowest BCUT2D eigenvalue weighted by Crippen LogP contribution is -2.35. The van der Waals surface area contributed by atoms with Crippen LogP contribution in [0.1, 0.15) is 40.0 Å². The fraction of sp³-hybridized carbons (Fsp3) is 0.833. The van der Waals surface area contributed by atoms with Crippen LogP contribution in [0.3, 0.4) is 0 Å². The predicted octanol–water partition coefficient (Wildman–Crippen LogP) is 1.46. The van der Waals surface area contributed by atoms with E-state index in [-0.39, 0.29) is 0 Å². The van der Waals surface area contributed by atoms with Crippen LogP contribution in [0.15, 0.2) is 0 Å². The predicted molar refractivity (Wildman–Crippen MR) is 69.1 cm³/mol. The summed E-state index contributed by atoms with van der Waals surface area (Å²) in [5, 5.41) is 17.3. The molecule has 0 saturated heterocycles. The fourth-order valence-electron chi connectivity index (χ4n) is 1.37. The third-order valence-electron chi connectivity index (χ3n) is 2.40. The molecule has 7 heteroatoms. The number of unbranched alkanes of at least 4 members (excludes halogenated alkanes) is 1. The fourth-order valence-corrected chi connectivity index (χ4v) is 1.37. The number of rotatable bonds is 7. The van der Waals surface area contributed by atoms with E-state index in [1.807, 2.05) is 0 Å². The summed E-state index contributed by atoms with van der Waals surface area (Å²) in [4.78, 5) is 23.7. The van der Waals surface area contributed by atoms with Crippen LogP contribution in [-0.2, 0) is 9.53 Å². The Morgan fingerprint density at radius 1 is 1.32 bits per heavy atom. The molecule has 0 bridgehead atoms. The Labute approximate surface area is 113 Å². The van der Waals surface area contributed by atoms with Crippen LogP contribution in [0, 0.1) is 0 Å². The SMILES string of the molecule is CN(CCCC[C@H](NO)C(=O)O)C(=O)OC(C)(C)C. The van der Waals surface area contributed by atoms with E-state index in [0.29, 0.717) is 25.8 Å². The summed E-state index contributed by atoms with van der Waals surface area (Å²) in [7, 11) is 1.63. The van der Waals surface area contributed by atoms with Gasteiger partial charge in [-0.25, -0.2) is 4.79 Å². The van der Waals surface area contributed by atoms with Crippen molar-refractivity contribution in [1.82, 2.24) is 10.4 Å². The van der Waals surface area contributed by atoms with Gasteiger partial charge in [0.2, 0.25) is 0 Å². The number of carboxylic acid groups (broad SMARTS) is 1. The van der Waals surface area contributed by atoms with Gasteiger partial charge in [-0.05, 0) is 40.0 Å². The zero-order valence-corrected chi connectivity index (χ0v) is 12.0. The normalized spacial score (nSPS) is 12.9. The highest BCUT2D eigenvalue weighted by Crippen LogP contribution is 2.10. The van der Waals surface area contributed by atoms with E-state index in [1.54, 1.807) is 33.3 Å². The average molecular weight is 276 g/mol. The first-order valence-corrected chi connectivity index (χ1v) is 6.24. The van der Waals surface area contributed by atoms with Gasteiger partial charge < -0.3 is 20.0 Å². The molecule has 0 aliphatic rings. The van der Waals surface area contributed by atoms with Gasteiger partial charge in [0, 0.05) is 13.6 Å². The largest absolute Gasteiger partial charge is 0.480 e. The lowest BCUT2D eigenvalue weighted by Gasteiger charge is -2.24. The molecule has 0 aliphatic heterocycles. The molecular formula is C12H24N2O5. The quantitative estimate of drug-likeness (QED) is 0.481. The minimum Gasteiger partial charge on any atom is -0.480 e. The highest BCUT2D eigenvalue weighted by atomic mass is 16.6. The second kappa shape index (κ2) is 7.96. The topological polar surface area (TPSA) is 99.1 Å². The molecule has 0 aromatic carbocycles. The number of hydroxylamine groups is 1. The first-order valence-electron chi connectivity index (χ1n) is 6.24. The smallest absolute Gasteiger partial charge is 0.410 e. The summed E-state index contributed by atoms with van der Waals surface area (Å²) >= 11 is 0. The van der Waals surface area contributed by atoms with Gasteiger partial charge in [-0.1, -0.05) is 0 Å². The Morgan fingerprint density at radius 3 is 2.32 bits per heavy atom. The van der Waals surface area contributed by atoms with E-state index in [1.165, 1.54) is 4.90 Å². The molecule has 0 aliphatic carbocycles. The Bertz CT molecular complexity index is 301. The summed E-state index contributed by atoms with van der Waals surface area (Å²) in [5.41, 5.74) is 1.21. The third kappa shape index (κ3) is 8.39. The number of amides is 1. The minimum atomic E-state index is -1.09. The van der Waals surface area contributed by atoms with Crippen molar-refractivity contribution in [2.75, 3.05) is 13.6 Å². The molecule has 1 atom stereocenters. The number of carbonyl (C=O) groups is 2. The van der Waals surface area contributed by atoms with Crippen molar-refractivity contribution in [2.24, 2.45) is 0 Å². The van der Waals surface area contributed by atoms with Gasteiger partial charge in [-0.15, -0.1) is 0 Å². The molecule has 0 unspecified atom stereocenters. The van der Waals surface area contributed by atoms with Crippen molar-refractivity contribution in [3.63, 3.8) is 0 Å². The molecule has 3 N–H and O–H groups in total. The van der Waals surface area contributed by atoms with Crippen LogP contribution in [0.25, 0.3) is 0 Å². The molecule has 0 heterocycles. The van der Waals surface area contributed by atoms with Crippen LogP contribution in [-0.4, -0.2) is 52.5 Å². The van der Waals surface area contributed by atoms with Crippen molar-refractivity contribution in [3.8, 4) is 0 Å².